The van der Waals surface area contributed by atoms with Gasteiger partial charge in [0, 0.05) is 12.4 Å². The van der Waals surface area contributed by atoms with Gasteiger partial charge in [0.1, 0.15) is 0 Å². The molecule has 2 aromatic rings. The van der Waals surface area contributed by atoms with Crippen molar-refractivity contribution in [2.75, 3.05) is 0 Å². The number of amides is 1. The Morgan fingerprint density at radius 3 is 2.71 bits per heavy atom. The molecular formula is C15H18N4OS. The van der Waals surface area contributed by atoms with Crippen LogP contribution in [0, 0.1) is 0 Å². The van der Waals surface area contributed by atoms with Crippen LogP contribution in [0.5, 0.6) is 0 Å². The van der Waals surface area contributed by atoms with E-state index < -0.39 is 5.54 Å². The number of thiocarbonyl (C=S) groups is 1. The standard InChI is InChI=1S/C15H18N4OS/c1-19-11-7-3-2-6-10(11)12(18-19)13(20)17-15(14(16)21)8-4-5-9-15/h2-3,6-7H,4-5,8-9H2,1H3,(H2,16,21)(H,17,20). The molecule has 0 atom stereocenters. The van der Waals surface area contributed by atoms with E-state index >= 15 is 0 Å². The second-order valence-corrected chi connectivity index (χ2v) is 6.04. The van der Waals surface area contributed by atoms with Gasteiger partial charge in [-0.2, -0.15) is 5.10 Å². The Balaban J connectivity index is 1.96. The topological polar surface area (TPSA) is 72.9 Å². The van der Waals surface area contributed by atoms with E-state index in [1.54, 1.807) is 4.68 Å². The zero-order chi connectivity index (χ0) is 15.0. The lowest BCUT2D eigenvalue weighted by Gasteiger charge is -2.28. The molecule has 0 radical (unpaired) electrons. The zero-order valence-corrected chi connectivity index (χ0v) is 12.7. The molecule has 110 valence electrons. The summed E-state index contributed by atoms with van der Waals surface area (Å²) in [7, 11) is 1.83. The van der Waals surface area contributed by atoms with Crippen molar-refractivity contribution < 1.29 is 4.79 Å². The number of aromatic nitrogens is 2. The van der Waals surface area contributed by atoms with Crippen LogP contribution in [0.4, 0.5) is 0 Å². The van der Waals surface area contributed by atoms with Crippen molar-refractivity contribution in [3.8, 4) is 0 Å². The maximum Gasteiger partial charge on any atom is 0.273 e. The second kappa shape index (κ2) is 5.11. The van der Waals surface area contributed by atoms with Gasteiger partial charge in [-0.1, -0.05) is 43.3 Å². The zero-order valence-electron chi connectivity index (χ0n) is 11.9. The van der Waals surface area contributed by atoms with E-state index in [4.69, 9.17) is 18.0 Å². The predicted octanol–water partition coefficient (Wildman–Crippen LogP) is 1.90. The number of hydrogen-bond acceptors (Lipinski definition) is 3. The summed E-state index contributed by atoms with van der Waals surface area (Å²) in [6.45, 7) is 0. The maximum atomic E-state index is 12.6. The minimum atomic E-state index is -0.551. The SMILES string of the molecule is Cn1nc(C(=O)NC2(C(N)=S)CCCC2)c2ccccc21. The number of nitrogens with two attached hydrogens (primary N) is 1. The molecule has 0 unspecified atom stereocenters. The number of aryl methyl sites for hydroxylation is 1. The molecule has 0 saturated heterocycles. The van der Waals surface area contributed by atoms with Crippen molar-refractivity contribution in [3.63, 3.8) is 0 Å². The Bertz CT molecular complexity index is 716. The van der Waals surface area contributed by atoms with Gasteiger partial charge in [0.15, 0.2) is 5.69 Å². The van der Waals surface area contributed by atoms with E-state index in [2.05, 4.69) is 10.4 Å². The molecule has 0 spiro atoms. The van der Waals surface area contributed by atoms with Crippen LogP contribution in [0.1, 0.15) is 36.2 Å². The van der Waals surface area contributed by atoms with E-state index in [0.29, 0.717) is 10.7 Å². The number of carbonyl (C=O) groups is 1. The van der Waals surface area contributed by atoms with Crippen LogP contribution >= 0.6 is 12.2 Å². The normalized spacial score (nSPS) is 17.0. The molecule has 6 heteroatoms. The molecule has 1 amide bonds. The van der Waals surface area contributed by atoms with E-state index in [1.807, 2.05) is 31.3 Å². The van der Waals surface area contributed by atoms with E-state index in [-0.39, 0.29) is 5.91 Å². The fraction of sp³-hybridized carbons (Fsp3) is 0.400. The Hall–Kier alpha value is -1.95. The van der Waals surface area contributed by atoms with Crippen LogP contribution < -0.4 is 11.1 Å². The second-order valence-electron chi connectivity index (χ2n) is 5.60. The Morgan fingerprint density at radius 2 is 2.05 bits per heavy atom. The first-order valence-electron chi connectivity index (χ1n) is 7.08. The average molecular weight is 302 g/mol. The van der Waals surface area contributed by atoms with Gasteiger partial charge in [0.2, 0.25) is 0 Å². The van der Waals surface area contributed by atoms with Crippen molar-refractivity contribution >= 4 is 34.0 Å². The highest BCUT2D eigenvalue weighted by Gasteiger charge is 2.39. The van der Waals surface area contributed by atoms with Crippen LogP contribution in [-0.2, 0) is 7.05 Å². The summed E-state index contributed by atoms with van der Waals surface area (Å²) in [6, 6.07) is 7.68. The monoisotopic (exact) mass is 302 g/mol. The van der Waals surface area contributed by atoms with Gasteiger partial charge < -0.3 is 11.1 Å². The molecule has 3 rings (SSSR count). The number of benzene rings is 1. The number of fused-ring (bicyclic) bond motifs is 1. The van der Waals surface area contributed by atoms with Gasteiger partial charge in [-0.25, -0.2) is 0 Å². The molecular weight excluding hydrogens is 284 g/mol. The van der Waals surface area contributed by atoms with Crippen LogP contribution in [0.25, 0.3) is 10.9 Å². The first-order chi connectivity index (χ1) is 10.0. The van der Waals surface area contributed by atoms with E-state index in [1.165, 1.54) is 0 Å². The number of nitrogens with zero attached hydrogens (tertiary/aromatic N) is 2. The largest absolute Gasteiger partial charge is 0.391 e. The molecule has 1 aliphatic carbocycles. The minimum Gasteiger partial charge on any atom is -0.391 e. The number of nitrogens with one attached hydrogen (secondary N) is 1. The lowest BCUT2D eigenvalue weighted by Crippen LogP contribution is -2.54. The Morgan fingerprint density at radius 1 is 1.38 bits per heavy atom. The molecule has 1 fully saturated rings. The van der Waals surface area contributed by atoms with Gasteiger partial charge in [-0.05, 0) is 18.9 Å². The Kier molecular flexibility index (Phi) is 3.41. The van der Waals surface area contributed by atoms with Crippen LogP contribution in [0.2, 0.25) is 0 Å². The van der Waals surface area contributed by atoms with Gasteiger partial charge in [0.05, 0.1) is 16.0 Å². The van der Waals surface area contributed by atoms with Crippen molar-refractivity contribution in [2.45, 2.75) is 31.2 Å². The first-order valence-corrected chi connectivity index (χ1v) is 7.48. The summed E-state index contributed by atoms with van der Waals surface area (Å²) >= 11 is 5.17. The van der Waals surface area contributed by atoms with Crippen molar-refractivity contribution in [1.29, 1.82) is 0 Å². The van der Waals surface area contributed by atoms with Gasteiger partial charge in [-0.3, -0.25) is 9.48 Å². The molecule has 0 aliphatic heterocycles. The van der Waals surface area contributed by atoms with Crippen molar-refractivity contribution in [2.24, 2.45) is 12.8 Å². The first kappa shape index (κ1) is 14.0. The molecule has 1 aromatic heterocycles. The molecule has 1 aromatic carbocycles. The van der Waals surface area contributed by atoms with Crippen LogP contribution in [0.15, 0.2) is 24.3 Å². The third-order valence-corrected chi connectivity index (χ3v) is 4.65. The smallest absolute Gasteiger partial charge is 0.273 e. The lowest BCUT2D eigenvalue weighted by atomic mass is 9.97. The Labute approximate surface area is 128 Å². The molecule has 3 N–H and O–H groups in total. The number of hydrogen-bond donors (Lipinski definition) is 2. The summed E-state index contributed by atoms with van der Waals surface area (Å²) in [5, 5.41) is 8.22. The highest BCUT2D eigenvalue weighted by molar-refractivity contribution is 7.80. The van der Waals surface area contributed by atoms with E-state index in [9.17, 15) is 4.79 Å². The quantitative estimate of drug-likeness (QED) is 0.849. The fourth-order valence-electron chi connectivity index (χ4n) is 3.07. The average Bonchev–Trinajstić information content (AvgIpc) is 3.06. The summed E-state index contributed by atoms with van der Waals surface area (Å²) in [6.07, 6.45) is 3.67. The molecule has 21 heavy (non-hydrogen) atoms. The summed E-state index contributed by atoms with van der Waals surface area (Å²) in [5.41, 5.74) is 6.67. The molecule has 1 heterocycles. The summed E-state index contributed by atoms with van der Waals surface area (Å²) in [5.74, 6) is -0.207. The fourth-order valence-corrected chi connectivity index (χ4v) is 3.32. The molecule has 0 bridgehead atoms. The predicted molar refractivity (Wildman–Crippen MR) is 86.2 cm³/mol. The highest BCUT2D eigenvalue weighted by atomic mass is 32.1. The maximum absolute atomic E-state index is 12.6. The molecule has 5 nitrogen and oxygen atoms in total. The molecule has 1 saturated carbocycles. The summed E-state index contributed by atoms with van der Waals surface area (Å²) in [4.78, 5) is 13.0. The summed E-state index contributed by atoms with van der Waals surface area (Å²) < 4.78 is 1.71. The van der Waals surface area contributed by atoms with Gasteiger partial charge in [-0.15, -0.1) is 0 Å². The third-order valence-electron chi connectivity index (χ3n) is 4.25. The van der Waals surface area contributed by atoms with Gasteiger partial charge in [0.25, 0.3) is 5.91 Å². The highest BCUT2D eigenvalue weighted by Crippen LogP contribution is 2.30. The lowest BCUT2D eigenvalue weighted by molar-refractivity contribution is 0.0920. The van der Waals surface area contributed by atoms with Crippen LogP contribution in [0.3, 0.4) is 0 Å². The third kappa shape index (κ3) is 2.29. The minimum absolute atomic E-state index is 0.207. The number of rotatable bonds is 3. The van der Waals surface area contributed by atoms with Crippen LogP contribution in [-0.4, -0.2) is 26.2 Å². The molecule has 1 aliphatic rings. The van der Waals surface area contributed by atoms with Crippen molar-refractivity contribution in [3.05, 3.63) is 30.0 Å². The number of carbonyl (C=O) groups excluding carboxylic acids is 1. The van der Waals surface area contributed by atoms with E-state index in [0.717, 1.165) is 36.6 Å². The van der Waals surface area contributed by atoms with Gasteiger partial charge >= 0.3 is 0 Å². The van der Waals surface area contributed by atoms with Crippen molar-refractivity contribution in [1.82, 2.24) is 15.1 Å². The number of para-hydroxylation sites is 1.